The number of methoxy groups -OCH3 is 3. The van der Waals surface area contributed by atoms with Crippen molar-refractivity contribution in [1.29, 1.82) is 0 Å². The van der Waals surface area contributed by atoms with Gasteiger partial charge in [-0.05, 0) is 135 Å². The molecule has 67 heteroatoms. The minimum absolute atomic E-state index is 0.0116. The predicted molar refractivity (Wildman–Crippen MR) is 530 cm³/mol. The first-order valence-electron chi connectivity index (χ1n) is 42.8. The zero-order valence-corrected chi connectivity index (χ0v) is 84.5. The van der Waals surface area contributed by atoms with Gasteiger partial charge in [-0.25, -0.2) is 46.9 Å². The quantitative estimate of drug-likeness (QED) is 0.0237. The fraction of sp³-hybridized carbons (Fsp3) is 0.312. The molecule has 0 unspecified atom stereocenters. The maximum Gasteiger partial charge on any atom is 0.537 e. The number of rotatable bonds is 26. The van der Waals surface area contributed by atoms with E-state index in [2.05, 4.69) is 73.2 Å². The smallest absolute Gasteiger partial charge is 0.535 e. The number of aromatic nitrogens is 12. The van der Waals surface area contributed by atoms with Gasteiger partial charge >= 0.3 is 90.6 Å². The van der Waals surface area contributed by atoms with E-state index in [-0.39, 0.29) is 142 Å². The molecule has 0 saturated heterocycles. The third-order valence-electron chi connectivity index (χ3n) is 21.6. The lowest BCUT2D eigenvalue weighted by Gasteiger charge is -2.28. The number of nitrogens with zero attached hydrogens (tertiary/aromatic N) is 15. The summed E-state index contributed by atoms with van der Waals surface area (Å²) in [7, 11) is -3.20. The second-order valence-corrected chi connectivity index (χ2v) is 42.5. The van der Waals surface area contributed by atoms with Gasteiger partial charge in [0.05, 0.1) is 52.2 Å². The van der Waals surface area contributed by atoms with Gasteiger partial charge in [0.2, 0.25) is 20.6 Å². The standard InChI is InChI=1S/C16H18BN3O7S.C15H18BN3O5S.C12H10BF2N3O4S2.C12H11BFN3O4S2.C12H12BN3O5S.C12H12BN3O4S2.CO2/c1-26-10-5-4-9-7-11(17(25)27-14(9)13(10)15(23)24)28-16-18-8-20(19-16)6-2-3-12(21)22;1-3-6-19-8-17-18-15(19)25-11-7-9-4-5-10(23-2)12(14(20)21)13(9)24-16(11)22;1-3-6(10(19)20)9-4(8(15)7(3)14)2-5(13(21)22-9)23-12-18-17-11(16)24-12;1-4-6(14)2-5-3-7(22-12-17-16-11(15)23-12)13(20)21-9(5)8(4)10(18)19;1-20-7-3-2-6-4-8(22-9-5-14-16-15-9)13(19)21-11(6)10(7)12(17)18;1-5-2-3-6-4-7(21-12-16-15-11(14)22-12)13(19)20-9(6)8(5)10(17)18;2-1-3/h4-5,8,11,25H,2-3,6-7H2,1H3,(H,21,22)(H,23,24);4-5,8,11,22H,3,6-7H2,1-2H3,(H,20,21);5,21H,2H2,1H3,(H2,16,17)(H,19,20);2,7,20H,3H2,1H3,(H2,15,16)(H,18,19);2-3,8,19H,4-5H2,1H3,(H,17,18);2-3,7,19H,4H2,1H3,(H2,14,15)(H,17,18);/t2*11-;5-;7-;8-;7-;/m000000./s1. The summed E-state index contributed by atoms with van der Waals surface area (Å²) in [6.07, 6.45) is 6.66. The maximum absolute atomic E-state index is 14.2. The molecule has 11 aromatic rings. The molecule has 0 radical (unpaired) electrons. The van der Waals surface area contributed by atoms with Gasteiger partial charge in [0.1, 0.15) is 115 Å². The number of carboxylic acids is 7. The summed E-state index contributed by atoms with van der Waals surface area (Å²) in [6, 6.07) is 14.8. The number of anilines is 3. The molecule has 0 bridgehead atoms. The van der Waals surface area contributed by atoms with Crippen LogP contribution in [-0.2, 0) is 66.0 Å². The highest BCUT2D eigenvalue weighted by Gasteiger charge is 2.47. The molecule has 7 aliphatic heterocycles. The molecule has 5 aromatic heterocycles. The molecule has 18 rings (SSSR count). The summed E-state index contributed by atoms with van der Waals surface area (Å²) in [5.41, 5.74) is 18.8. The Labute approximate surface area is 867 Å². The van der Waals surface area contributed by atoms with Gasteiger partial charge in [-0.1, -0.05) is 130 Å². The number of thioether (sulfide) groups is 6. The first kappa shape index (κ1) is 113. The van der Waals surface area contributed by atoms with Gasteiger partial charge in [0.15, 0.2) is 29.8 Å². The van der Waals surface area contributed by atoms with E-state index in [4.69, 9.17) is 74.0 Å². The molecule has 6 atom stereocenters. The summed E-state index contributed by atoms with van der Waals surface area (Å²) in [4.78, 5) is 99.6. The highest BCUT2D eigenvalue weighted by molar-refractivity contribution is 8.15. The van der Waals surface area contributed by atoms with Gasteiger partial charge in [-0.3, -0.25) is 9.48 Å². The lowest BCUT2D eigenvalue weighted by atomic mass is 9.76. The van der Waals surface area contributed by atoms with Crippen LogP contribution in [0.3, 0.4) is 0 Å². The van der Waals surface area contributed by atoms with Gasteiger partial charge in [0, 0.05) is 36.2 Å². The fourth-order valence-electron chi connectivity index (χ4n) is 15.0. The number of halogens is 3. The molecule has 0 spiro atoms. The first-order valence-corrected chi connectivity index (χ1v) is 50.5. The Bertz CT molecular complexity index is 6850. The number of nitrogen functional groups attached to an aromatic ring is 3. The lowest BCUT2D eigenvalue weighted by Crippen LogP contribution is -2.41. The third-order valence-corrected chi connectivity index (χ3v) is 31.4. The van der Waals surface area contributed by atoms with Crippen LogP contribution in [0.15, 0.2) is 106 Å². The molecule has 19 N–H and O–H groups in total. The normalized spacial score (nSPS) is 16.6. The van der Waals surface area contributed by atoms with E-state index >= 15 is 0 Å². The van der Waals surface area contributed by atoms with Crippen molar-refractivity contribution in [3.63, 3.8) is 0 Å². The van der Waals surface area contributed by atoms with Crippen molar-refractivity contribution >= 4 is 216 Å². The number of carboxylic acid groups (broad SMARTS) is 7. The summed E-state index contributed by atoms with van der Waals surface area (Å²) in [5, 5.41) is 172. The molecule has 0 amide bonds. The predicted octanol–water partition coefficient (Wildman–Crippen LogP) is 7.27. The van der Waals surface area contributed by atoms with Gasteiger partial charge in [-0.15, -0.1) is 62.8 Å². The van der Waals surface area contributed by atoms with Crippen LogP contribution in [0.1, 0.15) is 138 Å². The van der Waals surface area contributed by atoms with E-state index in [9.17, 15) is 108 Å². The van der Waals surface area contributed by atoms with Gasteiger partial charge in [0.25, 0.3) is 0 Å². The SMILES string of the molecule is CCCn1cnnc1S[C@H]1Cc2ccc(OC)c(C(=O)O)c2OB1O.COc1ccc2c(c1C(=O)O)OB(O)[C@@H](SC1=NN=NC1)C2.COc1ccc2c(c1C(=O)O)OB(O)[C@@H](Sc1ncn(CCCC(=O)O)n1)C2.Cc1c(F)c(F)c2c(c1C(=O)O)OB(O)[C@@H](Sc1nnc(N)s1)C2.Cc1c(F)cc2c(c1C(=O)O)OB(O)[C@@H](Sc1nnc(N)s1)C2.Cc1ccc2c(c1C(=O)O)OB(O)[C@@H](Sc1nnc(N)s1)C2.O=C=O. The Morgan fingerprint density at radius 3 is 1.24 bits per heavy atom. The number of benzene rings is 6. The van der Waals surface area contributed by atoms with Gasteiger partial charge in [-0.2, -0.15) is 14.7 Å². The van der Waals surface area contributed by atoms with Crippen molar-refractivity contribution in [3.05, 3.63) is 168 Å². The molecule has 6 aromatic carbocycles. The van der Waals surface area contributed by atoms with Crippen molar-refractivity contribution in [1.82, 2.24) is 60.1 Å². The second-order valence-electron chi connectivity index (χ2n) is 31.2. The highest BCUT2D eigenvalue weighted by atomic mass is 32.2. The van der Waals surface area contributed by atoms with Crippen LogP contribution >= 0.6 is 105 Å². The molecule has 12 heterocycles. The van der Waals surface area contributed by atoms with Crippen LogP contribution in [0.4, 0.5) is 28.6 Å². The number of carbonyl (C=O) groups is 7. The fourth-order valence-corrected chi connectivity index (χ4v) is 23.8. The molecule has 0 saturated carbocycles. The Hall–Kier alpha value is -13.1. The van der Waals surface area contributed by atoms with E-state index < -0.39 is 123 Å². The van der Waals surface area contributed by atoms with Crippen molar-refractivity contribution < 1.29 is 164 Å². The zero-order chi connectivity index (χ0) is 107. The zero-order valence-electron chi connectivity index (χ0n) is 77.2. The summed E-state index contributed by atoms with van der Waals surface area (Å²) >= 11 is 10.9. The number of ether oxygens (including phenoxy) is 3. The maximum atomic E-state index is 14.2. The number of aryl methyl sites for hydroxylation is 3. The van der Waals surface area contributed by atoms with Crippen LogP contribution in [0.5, 0.6) is 51.7 Å². The molecule has 770 valence electrons. The topological polar surface area (TPSA) is 754 Å². The number of hydrogen-bond acceptors (Lipinski definition) is 49. The third kappa shape index (κ3) is 27.6. The number of carbonyl (C=O) groups excluding carboxylic acids is 2. The number of aliphatic carboxylic acids is 1. The minimum Gasteiger partial charge on any atom is -0.535 e. The van der Waals surface area contributed by atoms with E-state index in [0.29, 0.717) is 112 Å². The van der Waals surface area contributed by atoms with Crippen LogP contribution in [0.2, 0.25) is 0 Å². The molecule has 147 heavy (non-hydrogen) atoms. The number of hydrogen-bond donors (Lipinski definition) is 16. The Morgan fingerprint density at radius 2 is 0.850 bits per heavy atom. The molecule has 7 aliphatic rings. The largest absolute Gasteiger partial charge is 0.537 e. The van der Waals surface area contributed by atoms with Gasteiger partial charge < -0.3 is 130 Å². The molecule has 49 nitrogen and oxygen atoms in total. The van der Waals surface area contributed by atoms with Crippen molar-refractivity contribution in [2.24, 2.45) is 15.4 Å². The Balaban J connectivity index is 0.000000156. The van der Waals surface area contributed by atoms with Crippen LogP contribution in [0.25, 0.3) is 0 Å². The molecule has 0 fully saturated rings. The van der Waals surface area contributed by atoms with E-state index in [1.54, 1.807) is 60.4 Å². The average molecular weight is 2200 g/mol. The van der Waals surface area contributed by atoms with Crippen LogP contribution in [0, 0.1) is 38.2 Å². The Kier molecular flexibility index (Phi) is 39.1. The van der Waals surface area contributed by atoms with Crippen molar-refractivity contribution in [2.45, 2.75) is 153 Å². The molecular formula is C80H81B6F3N18O31S9. The summed E-state index contributed by atoms with van der Waals surface area (Å²) < 4.78 is 95.0. The van der Waals surface area contributed by atoms with E-state index in [0.717, 1.165) is 59.9 Å². The number of aromatic carboxylic acids is 6. The van der Waals surface area contributed by atoms with Crippen molar-refractivity contribution in [3.8, 4) is 51.7 Å². The number of nitrogens with two attached hydrogens (primary N) is 3. The minimum atomic E-state index is -1.46. The van der Waals surface area contributed by atoms with Crippen LogP contribution in [-0.4, -0.2) is 280 Å². The molecular weight excluding hydrogens is 2120 g/mol. The highest BCUT2D eigenvalue weighted by Crippen LogP contribution is 2.48. The number of fused-ring (bicyclic) bond motifs is 6. The van der Waals surface area contributed by atoms with Crippen LogP contribution < -0.4 is 59.3 Å². The summed E-state index contributed by atoms with van der Waals surface area (Å²) in [5.74, 6) is -10.4. The van der Waals surface area contributed by atoms with E-state index in [1.165, 1.54) is 111 Å². The molecule has 0 aliphatic carbocycles. The summed E-state index contributed by atoms with van der Waals surface area (Å²) in [6.45, 7) is 7.87. The Morgan fingerprint density at radius 1 is 0.469 bits per heavy atom. The first-order chi connectivity index (χ1) is 70.0. The monoisotopic (exact) mass is 2200 g/mol. The average Bonchev–Trinajstić information content (AvgIpc) is 0.892. The van der Waals surface area contributed by atoms with E-state index in [1.807, 2.05) is 10.6 Å². The second kappa shape index (κ2) is 51.0. The van der Waals surface area contributed by atoms with Crippen molar-refractivity contribution in [2.75, 3.05) is 45.1 Å². The lowest BCUT2D eigenvalue weighted by molar-refractivity contribution is -0.191.